The Hall–Kier alpha value is -3.68. The van der Waals surface area contributed by atoms with Gasteiger partial charge in [-0.2, -0.15) is 0 Å². The van der Waals surface area contributed by atoms with Gasteiger partial charge in [-0.15, -0.1) is 0 Å². The minimum atomic E-state index is -1.39. The predicted octanol–water partition coefficient (Wildman–Crippen LogP) is 3.87. The van der Waals surface area contributed by atoms with Crippen LogP contribution in [0.4, 0.5) is 5.69 Å². The van der Waals surface area contributed by atoms with Gasteiger partial charge in [-0.1, -0.05) is 42.5 Å². The van der Waals surface area contributed by atoms with Crippen LogP contribution < -0.4 is 0 Å². The summed E-state index contributed by atoms with van der Waals surface area (Å²) < 4.78 is 16.2. The van der Waals surface area contributed by atoms with Gasteiger partial charge in [0.05, 0.1) is 18.6 Å². The monoisotopic (exact) mass is 437 g/mol. The molecule has 2 aliphatic rings. The Labute approximate surface area is 184 Å². The number of esters is 2. The zero-order chi connectivity index (χ0) is 22.9. The lowest BCUT2D eigenvalue weighted by Crippen LogP contribution is -2.43. The second-order valence-corrected chi connectivity index (χ2v) is 7.86. The number of non-ortho nitro benzene ring substituents is 1. The Morgan fingerprint density at radius 3 is 2.41 bits per heavy atom. The Kier molecular flexibility index (Phi) is 5.69. The highest BCUT2D eigenvalue weighted by molar-refractivity contribution is 5.91. The molecule has 2 aromatic carbocycles. The van der Waals surface area contributed by atoms with Crippen molar-refractivity contribution in [3.8, 4) is 0 Å². The fraction of sp³-hybridized carbons (Fsp3) is 0.333. The minimum absolute atomic E-state index is 0.00494. The van der Waals surface area contributed by atoms with Gasteiger partial charge >= 0.3 is 11.9 Å². The summed E-state index contributed by atoms with van der Waals surface area (Å²) in [6.07, 6.45) is 1.92. The van der Waals surface area contributed by atoms with Crippen LogP contribution in [0.25, 0.3) is 0 Å². The number of carbonyl (C=O) groups is 2. The van der Waals surface area contributed by atoms with Crippen molar-refractivity contribution in [2.24, 2.45) is 5.92 Å². The van der Waals surface area contributed by atoms with Crippen LogP contribution in [0.15, 0.2) is 66.4 Å². The fourth-order valence-electron chi connectivity index (χ4n) is 4.90. The molecule has 0 saturated heterocycles. The molecule has 0 spiro atoms. The summed E-state index contributed by atoms with van der Waals surface area (Å²) in [4.78, 5) is 36.0. The highest BCUT2D eigenvalue weighted by Gasteiger charge is 2.64. The molecule has 8 heteroatoms. The molecule has 4 atom stereocenters. The number of nitrogens with zero attached hydrogens (tertiary/aromatic N) is 1. The second kappa shape index (κ2) is 8.45. The molecule has 1 saturated carbocycles. The third-order valence-corrected chi connectivity index (χ3v) is 6.23. The average molecular weight is 437 g/mol. The highest BCUT2D eigenvalue weighted by Crippen LogP contribution is 2.60. The van der Waals surface area contributed by atoms with Gasteiger partial charge in [0.25, 0.3) is 5.69 Å². The molecule has 0 bridgehead atoms. The maximum atomic E-state index is 13.0. The van der Waals surface area contributed by atoms with Gasteiger partial charge in [0.15, 0.2) is 0 Å². The molecule has 1 heterocycles. The van der Waals surface area contributed by atoms with Gasteiger partial charge in [-0.05, 0) is 30.0 Å². The standard InChI is InChI=1S/C24H23NO7/c1-3-31-22(26)20-13-19-21(16-7-5-4-6-8-16)18(14-24(19,32-20)23(27)30-2)15-9-11-17(12-10-15)25(28)29/h4-13,18-19,21H,3,14H2,1-2H3/t18-,19?,21-,24-/m0/s1. The molecule has 8 nitrogen and oxygen atoms in total. The lowest BCUT2D eigenvalue weighted by atomic mass is 9.78. The Balaban J connectivity index is 1.82. The number of rotatable bonds is 6. The molecular formula is C24H23NO7. The van der Waals surface area contributed by atoms with Gasteiger partial charge in [-0.25, -0.2) is 9.59 Å². The summed E-state index contributed by atoms with van der Waals surface area (Å²) in [5.41, 5.74) is 0.420. The van der Waals surface area contributed by atoms with E-state index in [0.29, 0.717) is 0 Å². The van der Waals surface area contributed by atoms with Gasteiger partial charge in [0, 0.05) is 30.4 Å². The molecule has 166 valence electrons. The van der Waals surface area contributed by atoms with Crippen LogP contribution in [0.5, 0.6) is 0 Å². The van der Waals surface area contributed by atoms with E-state index < -0.39 is 28.4 Å². The maximum Gasteiger partial charge on any atom is 0.373 e. The number of nitro benzene ring substituents is 1. The van der Waals surface area contributed by atoms with E-state index in [-0.39, 0.29) is 36.3 Å². The number of ether oxygens (including phenoxy) is 3. The van der Waals surface area contributed by atoms with Crippen LogP contribution in [-0.2, 0) is 23.8 Å². The third-order valence-electron chi connectivity index (χ3n) is 6.23. The van der Waals surface area contributed by atoms with Crippen LogP contribution in [0.3, 0.4) is 0 Å². The van der Waals surface area contributed by atoms with E-state index in [0.717, 1.165) is 11.1 Å². The smallest absolute Gasteiger partial charge is 0.373 e. The number of fused-ring (bicyclic) bond motifs is 1. The third kappa shape index (κ3) is 3.51. The van der Waals surface area contributed by atoms with Crippen molar-refractivity contribution >= 4 is 17.6 Å². The number of hydrogen-bond donors (Lipinski definition) is 0. The van der Waals surface area contributed by atoms with Crippen molar-refractivity contribution in [2.75, 3.05) is 13.7 Å². The van der Waals surface area contributed by atoms with Crippen molar-refractivity contribution in [1.82, 2.24) is 0 Å². The molecule has 2 aromatic rings. The van der Waals surface area contributed by atoms with Crippen molar-refractivity contribution < 1.29 is 28.7 Å². The summed E-state index contributed by atoms with van der Waals surface area (Å²) in [6.45, 7) is 1.88. The topological polar surface area (TPSA) is 105 Å². The zero-order valence-corrected chi connectivity index (χ0v) is 17.7. The Bertz CT molecular complexity index is 1060. The number of methoxy groups -OCH3 is 1. The number of benzene rings is 2. The largest absolute Gasteiger partial charge is 0.468 e. The molecule has 0 N–H and O–H groups in total. The molecule has 0 amide bonds. The molecule has 0 radical (unpaired) electrons. The van der Waals surface area contributed by atoms with Crippen LogP contribution in [0.2, 0.25) is 0 Å². The number of hydrogen-bond acceptors (Lipinski definition) is 7. The number of carbonyl (C=O) groups excluding carboxylic acids is 2. The van der Waals surface area contributed by atoms with Crippen molar-refractivity contribution in [3.63, 3.8) is 0 Å². The summed E-state index contributed by atoms with van der Waals surface area (Å²) in [5.74, 6) is -2.07. The Morgan fingerprint density at radius 1 is 1.12 bits per heavy atom. The second-order valence-electron chi connectivity index (χ2n) is 7.86. The van der Waals surface area contributed by atoms with Gasteiger partial charge in [0.2, 0.25) is 11.4 Å². The van der Waals surface area contributed by atoms with Crippen molar-refractivity contribution in [3.05, 3.63) is 87.7 Å². The van der Waals surface area contributed by atoms with Crippen LogP contribution in [0, 0.1) is 16.0 Å². The van der Waals surface area contributed by atoms with Gasteiger partial charge < -0.3 is 14.2 Å². The minimum Gasteiger partial charge on any atom is -0.468 e. The predicted molar refractivity (Wildman–Crippen MR) is 114 cm³/mol. The van der Waals surface area contributed by atoms with E-state index in [1.165, 1.54) is 19.2 Å². The fourth-order valence-corrected chi connectivity index (χ4v) is 4.90. The quantitative estimate of drug-likeness (QED) is 0.384. The molecular weight excluding hydrogens is 414 g/mol. The summed E-state index contributed by atoms with van der Waals surface area (Å²) in [5, 5.41) is 11.1. The number of nitro groups is 1. The van der Waals surface area contributed by atoms with E-state index in [1.54, 1.807) is 25.1 Å². The Morgan fingerprint density at radius 2 is 1.81 bits per heavy atom. The first kappa shape index (κ1) is 21.5. The molecule has 1 aliphatic heterocycles. The van der Waals surface area contributed by atoms with Gasteiger partial charge in [0.1, 0.15) is 0 Å². The first-order valence-electron chi connectivity index (χ1n) is 10.4. The summed E-state index contributed by atoms with van der Waals surface area (Å²) >= 11 is 0. The maximum absolute atomic E-state index is 13.0. The van der Waals surface area contributed by atoms with E-state index in [4.69, 9.17) is 14.2 Å². The van der Waals surface area contributed by atoms with Crippen LogP contribution in [0.1, 0.15) is 36.3 Å². The highest BCUT2D eigenvalue weighted by atomic mass is 16.6. The van der Waals surface area contributed by atoms with E-state index in [9.17, 15) is 19.7 Å². The summed E-state index contributed by atoms with van der Waals surface area (Å²) in [6, 6.07) is 16.0. The lowest BCUT2D eigenvalue weighted by Gasteiger charge is -2.27. The molecule has 1 unspecified atom stereocenters. The normalized spacial score (nSPS) is 25.9. The lowest BCUT2D eigenvalue weighted by molar-refractivity contribution is -0.384. The van der Waals surface area contributed by atoms with Crippen LogP contribution >= 0.6 is 0 Å². The molecule has 4 rings (SSSR count). The van der Waals surface area contributed by atoms with E-state index in [1.807, 2.05) is 30.3 Å². The van der Waals surface area contributed by atoms with Gasteiger partial charge in [-0.3, -0.25) is 10.1 Å². The van der Waals surface area contributed by atoms with Crippen molar-refractivity contribution in [2.45, 2.75) is 30.8 Å². The first-order chi connectivity index (χ1) is 15.4. The summed E-state index contributed by atoms with van der Waals surface area (Å²) in [7, 11) is 1.29. The SMILES string of the molecule is CCOC(=O)C1=CC2[C@@H](c3ccccc3)[C@H](c3ccc([N+](=O)[O-])cc3)C[C@]2(C(=O)OC)O1. The molecule has 1 aliphatic carbocycles. The van der Waals surface area contributed by atoms with E-state index in [2.05, 4.69) is 0 Å². The molecule has 32 heavy (non-hydrogen) atoms. The molecule has 0 aromatic heterocycles. The average Bonchev–Trinajstić information content (AvgIpc) is 3.34. The molecule has 1 fully saturated rings. The zero-order valence-electron chi connectivity index (χ0n) is 17.7. The first-order valence-corrected chi connectivity index (χ1v) is 10.4. The van der Waals surface area contributed by atoms with Crippen LogP contribution in [-0.4, -0.2) is 36.2 Å². The van der Waals surface area contributed by atoms with E-state index >= 15 is 0 Å². The van der Waals surface area contributed by atoms with Crippen molar-refractivity contribution in [1.29, 1.82) is 0 Å².